The van der Waals surface area contributed by atoms with Crippen molar-refractivity contribution in [1.82, 2.24) is 0 Å². The van der Waals surface area contributed by atoms with Crippen molar-refractivity contribution in [3.63, 3.8) is 0 Å². The molecular weight excluding hydrogens is 286 g/mol. The molecule has 0 unspecified atom stereocenters. The molecule has 7 nitrogen and oxygen atoms in total. The number of hydrogen-bond donors (Lipinski definition) is 1. The summed E-state index contributed by atoms with van der Waals surface area (Å²) in [6.07, 6.45) is 0. The molecular formula is CH16Cl3FeO7. The zero-order chi connectivity index (χ0) is 2.00. The summed E-state index contributed by atoms with van der Waals surface area (Å²) in [7, 11) is 1.00. The van der Waals surface area contributed by atoms with Crippen LogP contribution in [0.25, 0.3) is 0 Å². The van der Waals surface area contributed by atoms with E-state index in [1.807, 2.05) is 0 Å². The van der Waals surface area contributed by atoms with E-state index in [1.165, 1.54) is 0 Å². The minimum Gasteiger partial charge on any atom is -1.00 e. The SMILES string of the molecule is CO.O.O.O.O.O.O.[Cl-].[Cl-].[Cl-].[Fe+3]. The number of rotatable bonds is 0. The summed E-state index contributed by atoms with van der Waals surface area (Å²) >= 11 is 0. The third-order valence-corrected chi connectivity index (χ3v) is 0. The molecule has 0 spiro atoms. The second-order valence-corrected chi connectivity index (χ2v) is 0. The summed E-state index contributed by atoms with van der Waals surface area (Å²) < 4.78 is 0. The normalized spacial score (nSPS) is 0.500. The molecule has 0 aliphatic rings. The third-order valence-electron chi connectivity index (χ3n) is 0. The van der Waals surface area contributed by atoms with Crippen LogP contribution < -0.4 is 37.2 Å². The standard InChI is InChI=1S/CH4O.3ClH.Fe.6H2O/c1-2;;;;;;;;;;/h2H,1H3;3*1H;;6*1H2/q;;;;+3;;;;;;/p-3. The Morgan fingerprint density at radius 1 is 0.500 bits per heavy atom. The summed E-state index contributed by atoms with van der Waals surface area (Å²) in [5, 5.41) is 7.00. The topological polar surface area (TPSA) is 209 Å². The molecule has 91 valence electrons. The molecule has 0 amide bonds. The van der Waals surface area contributed by atoms with Crippen LogP contribution in [0.4, 0.5) is 0 Å². The summed E-state index contributed by atoms with van der Waals surface area (Å²) in [6, 6.07) is 0. The van der Waals surface area contributed by atoms with Crippen LogP contribution in [0.3, 0.4) is 0 Å². The Kier molecular flexibility index (Phi) is 43700. The van der Waals surface area contributed by atoms with Crippen LogP contribution in [0.2, 0.25) is 0 Å². The number of halogens is 3. The van der Waals surface area contributed by atoms with Gasteiger partial charge in [-0.3, -0.25) is 0 Å². The molecule has 0 saturated carbocycles. The van der Waals surface area contributed by atoms with Gasteiger partial charge in [0, 0.05) is 7.11 Å². The van der Waals surface area contributed by atoms with Crippen LogP contribution in [0.1, 0.15) is 0 Å². The van der Waals surface area contributed by atoms with Gasteiger partial charge >= 0.3 is 17.1 Å². The first kappa shape index (κ1) is 432. The molecule has 0 aromatic rings. The minimum atomic E-state index is 0. The summed E-state index contributed by atoms with van der Waals surface area (Å²) in [5.41, 5.74) is 0. The predicted octanol–water partition coefficient (Wildman–Crippen LogP) is -14.3. The Labute approximate surface area is 99.5 Å². The molecule has 0 saturated heterocycles. The van der Waals surface area contributed by atoms with E-state index in [4.69, 9.17) is 5.11 Å². The Morgan fingerprint density at radius 2 is 0.500 bits per heavy atom. The van der Waals surface area contributed by atoms with E-state index >= 15 is 0 Å². The molecule has 0 bridgehead atoms. The number of aliphatic hydroxyl groups excluding tert-OH is 1. The van der Waals surface area contributed by atoms with Gasteiger partial charge in [0.1, 0.15) is 0 Å². The molecule has 0 fully saturated rings. The van der Waals surface area contributed by atoms with Crippen molar-refractivity contribution in [3.8, 4) is 0 Å². The van der Waals surface area contributed by atoms with Crippen molar-refractivity contribution in [3.05, 3.63) is 0 Å². The monoisotopic (exact) mass is 301 g/mol. The Bertz CT molecular complexity index is 18.6. The van der Waals surface area contributed by atoms with Gasteiger partial charge in [0.05, 0.1) is 0 Å². The minimum absolute atomic E-state index is 0. The van der Waals surface area contributed by atoms with Gasteiger partial charge in [0.25, 0.3) is 0 Å². The maximum atomic E-state index is 7.00. The van der Waals surface area contributed by atoms with Gasteiger partial charge in [0.15, 0.2) is 0 Å². The van der Waals surface area contributed by atoms with Gasteiger partial charge in [-0.05, 0) is 0 Å². The summed E-state index contributed by atoms with van der Waals surface area (Å²) in [4.78, 5) is 0. The number of aliphatic hydroxyl groups is 1. The van der Waals surface area contributed by atoms with E-state index in [0.29, 0.717) is 0 Å². The van der Waals surface area contributed by atoms with Crippen LogP contribution in [0.5, 0.6) is 0 Å². The second-order valence-electron chi connectivity index (χ2n) is 0. The van der Waals surface area contributed by atoms with Crippen molar-refractivity contribution in [2.24, 2.45) is 0 Å². The Hall–Kier alpha value is 1.11. The van der Waals surface area contributed by atoms with E-state index in [-0.39, 0.29) is 87.1 Å². The van der Waals surface area contributed by atoms with Gasteiger partial charge < -0.3 is 75.2 Å². The van der Waals surface area contributed by atoms with E-state index < -0.39 is 0 Å². The fraction of sp³-hybridized carbons (Fsp3) is 1.00. The average Bonchev–Trinajstić information content (AvgIpc) is 1.00. The maximum absolute atomic E-state index is 7.00. The molecule has 1 radical (unpaired) electrons. The van der Waals surface area contributed by atoms with E-state index in [9.17, 15) is 0 Å². The maximum Gasteiger partial charge on any atom is 3.00 e. The molecule has 0 rings (SSSR count). The van der Waals surface area contributed by atoms with Crippen molar-refractivity contribution in [1.29, 1.82) is 0 Å². The Balaban J connectivity index is -0.000000000111. The quantitative estimate of drug-likeness (QED) is 0.424. The van der Waals surface area contributed by atoms with Crippen molar-refractivity contribution in [2.75, 3.05) is 7.11 Å². The van der Waals surface area contributed by atoms with Crippen LogP contribution in [0, 0.1) is 0 Å². The molecule has 0 aromatic heterocycles. The Morgan fingerprint density at radius 3 is 0.500 bits per heavy atom. The molecule has 0 aliphatic heterocycles. The van der Waals surface area contributed by atoms with Gasteiger partial charge in [0.2, 0.25) is 0 Å². The molecule has 13 N–H and O–H groups in total. The molecule has 12 heavy (non-hydrogen) atoms. The smallest absolute Gasteiger partial charge is 1.00 e. The summed E-state index contributed by atoms with van der Waals surface area (Å²) in [5.74, 6) is 0. The first-order valence-electron chi connectivity index (χ1n) is 0.447. The zero-order valence-electron chi connectivity index (χ0n) is 5.93. The van der Waals surface area contributed by atoms with Crippen molar-refractivity contribution < 1.29 is 92.3 Å². The van der Waals surface area contributed by atoms with Gasteiger partial charge in [-0.2, -0.15) is 0 Å². The predicted molar refractivity (Wildman–Crippen MR) is 29.8 cm³/mol. The van der Waals surface area contributed by atoms with E-state index in [2.05, 4.69) is 0 Å². The fourth-order valence-electron chi connectivity index (χ4n) is 0. The largest absolute Gasteiger partial charge is 3.00 e. The number of hydrogen-bond acceptors (Lipinski definition) is 1. The first-order chi connectivity index (χ1) is 1.00. The average molecular weight is 302 g/mol. The van der Waals surface area contributed by atoms with Crippen LogP contribution in [-0.4, -0.2) is 45.1 Å². The second kappa shape index (κ2) is 1210. The van der Waals surface area contributed by atoms with Crippen molar-refractivity contribution in [2.45, 2.75) is 0 Å². The van der Waals surface area contributed by atoms with E-state index in [1.54, 1.807) is 0 Å². The van der Waals surface area contributed by atoms with Crippen LogP contribution in [0.15, 0.2) is 0 Å². The van der Waals surface area contributed by atoms with Crippen LogP contribution >= 0.6 is 0 Å². The molecule has 0 aromatic carbocycles. The summed E-state index contributed by atoms with van der Waals surface area (Å²) in [6.45, 7) is 0. The fourth-order valence-corrected chi connectivity index (χ4v) is 0. The van der Waals surface area contributed by atoms with Crippen molar-refractivity contribution >= 4 is 0 Å². The first-order valence-corrected chi connectivity index (χ1v) is 0.447. The molecule has 0 atom stereocenters. The molecule has 0 heterocycles. The third kappa shape index (κ3) is 922. The van der Waals surface area contributed by atoms with Crippen LogP contribution in [-0.2, 0) is 17.1 Å². The van der Waals surface area contributed by atoms with E-state index in [0.717, 1.165) is 7.11 Å². The van der Waals surface area contributed by atoms with Gasteiger partial charge in [-0.25, -0.2) is 0 Å². The molecule has 0 aliphatic carbocycles. The molecule has 11 heteroatoms. The van der Waals surface area contributed by atoms with Gasteiger partial charge in [-0.1, -0.05) is 0 Å². The van der Waals surface area contributed by atoms with Gasteiger partial charge in [-0.15, -0.1) is 0 Å². The zero-order valence-corrected chi connectivity index (χ0v) is 9.31.